The first-order valence-electron chi connectivity index (χ1n) is 6.78. The molecule has 120 valence electrons. The van der Waals surface area contributed by atoms with Gasteiger partial charge in [0, 0.05) is 19.6 Å². The van der Waals surface area contributed by atoms with E-state index in [1.54, 1.807) is 6.92 Å². The molecule has 1 fully saturated rings. The molecule has 1 aromatic rings. The van der Waals surface area contributed by atoms with Gasteiger partial charge in [0.1, 0.15) is 17.1 Å². The first-order chi connectivity index (χ1) is 10.3. The molecule has 1 aliphatic heterocycles. The Balaban J connectivity index is 2.23. The Kier molecular flexibility index (Phi) is 4.68. The molecule has 0 aromatic heterocycles. The van der Waals surface area contributed by atoms with Crippen molar-refractivity contribution < 1.29 is 34.0 Å². The number of aryl methyl sites for hydroxylation is 1. The molecule has 1 heterocycles. The summed E-state index contributed by atoms with van der Waals surface area (Å²) in [4.78, 5) is 24.3. The normalized spacial score (nSPS) is 25.0. The summed E-state index contributed by atoms with van der Waals surface area (Å²) in [7, 11) is 1.35. The number of ether oxygens (including phenoxy) is 3. The number of aromatic hydroxyl groups is 2. The Bertz CT molecular complexity index is 573. The van der Waals surface area contributed by atoms with Gasteiger partial charge in [0.25, 0.3) is 0 Å². The van der Waals surface area contributed by atoms with Crippen LogP contribution in [0.5, 0.6) is 11.5 Å². The van der Waals surface area contributed by atoms with E-state index >= 15 is 0 Å². The molecule has 0 spiro atoms. The minimum Gasteiger partial charge on any atom is -0.508 e. The number of methoxy groups -OCH3 is 1. The maximum absolute atomic E-state index is 12.2. The maximum atomic E-state index is 12.2. The molecule has 1 saturated heterocycles. The monoisotopic (exact) mass is 310 g/mol. The molecule has 0 saturated carbocycles. The van der Waals surface area contributed by atoms with Crippen LogP contribution in [-0.4, -0.2) is 47.6 Å². The molecule has 0 unspecified atom stereocenters. The molecule has 2 N–H and O–H groups in total. The minimum atomic E-state index is -1.19. The Hall–Kier alpha value is -2.12. The van der Waals surface area contributed by atoms with Crippen LogP contribution in [0.25, 0.3) is 0 Å². The predicted molar refractivity (Wildman–Crippen MR) is 74.7 cm³/mol. The van der Waals surface area contributed by atoms with Gasteiger partial charge in [0.2, 0.25) is 12.4 Å². The molecule has 7 heteroatoms. The first kappa shape index (κ1) is 16.3. The van der Waals surface area contributed by atoms with Crippen LogP contribution in [0.4, 0.5) is 0 Å². The highest BCUT2D eigenvalue weighted by atomic mass is 16.7. The molecule has 1 aliphatic rings. The minimum absolute atomic E-state index is 0.109. The van der Waals surface area contributed by atoms with Gasteiger partial charge >= 0.3 is 5.97 Å². The summed E-state index contributed by atoms with van der Waals surface area (Å²) in [6, 6.07) is 2.34. The summed E-state index contributed by atoms with van der Waals surface area (Å²) >= 11 is 0. The highest BCUT2D eigenvalue weighted by Crippen LogP contribution is 2.29. The Morgan fingerprint density at radius 1 is 1.36 bits per heavy atom. The summed E-state index contributed by atoms with van der Waals surface area (Å²) in [6.07, 6.45) is -2.39. The van der Waals surface area contributed by atoms with Crippen molar-refractivity contribution in [3.8, 4) is 11.5 Å². The summed E-state index contributed by atoms with van der Waals surface area (Å²) < 4.78 is 15.6. The number of Topliss-reactive ketones (excluding diaryl/α,β-unsaturated/α-hetero) is 1. The first-order valence-corrected chi connectivity index (χ1v) is 6.78. The molecule has 0 bridgehead atoms. The predicted octanol–water partition coefficient (Wildman–Crippen LogP) is 1.28. The number of rotatable bonds is 3. The lowest BCUT2D eigenvalue weighted by atomic mass is 10.0. The van der Waals surface area contributed by atoms with Crippen LogP contribution in [0.3, 0.4) is 0 Å². The van der Waals surface area contributed by atoms with E-state index in [-0.39, 0.29) is 29.6 Å². The fourth-order valence-corrected chi connectivity index (χ4v) is 2.39. The summed E-state index contributed by atoms with van der Waals surface area (Å²) in [5.41, 5.74) is 0.216. The highest BCUT2D eigenvalue weighted by molar-refractivity contribution is 5.96. The second-order valence-electron chi connectivity index (χ2n) is 5.20. The van der Waals surface area contributed by atoms with Crippen molar-refractivity contribution in [1.29, 1.82) is 0 Å². The lowest BCUT2D eigenvalue weighted by molar-refractivity contribution is -0.219. The zero-order chi connectivity index (χ0) is 16.4. The van der Waals surface area contributed by atoms with E-state index in [4.69, 9.17) is 14.2 Å². The van der Waals surface area contributed by atoms with Crippen LogP contribution >= 0.6 is 0 Å². The number of carbonyl (C=O) groups excluding carboxylic acids is 2. The third-order valence-corrected chi connectivity index (χ3v) is 3.39. The van der Waals surface area contributed by atoms with Gasteiger partial charge in [-0.2, -0.15) is 0 Å². The van der Waals surface area contributed by atoms with Crippen molar-refractivity contribution in [3.63, 3.8) is 0 Å². The molecule has 1 aromatic carbocycles. The topological polar surface area (TPSA) is 102 Å². The van der Waals surface area contributed by atoms with Gasteiger partial charge in [-0.05, 0) is 25.5 Å². The van der Waals surface area contributed by atoms with Crippen molar-refractivity contribution in [2.45, 2.75) is 38.8 Å². The van der Waals surface area contributed by atoms with Crippen LogP contribution in [-0.2, 0) is 19.0 Å². The zero-order valence-corrected chi connectivity index (χ0v) is 12.5. The van der Waals surface area contributed by atoms with Gasteiger partial charge in [0.05, 0.1) is 6.10 Å². The van der Waals surface area contributed by atoms with Crippen molar-refractivity contribution in [2.75, 3.05) is 7.11 Å². The molecule has 0 aliphatic carbocycles. The molecular weight excluding hydrogens is 292 g/mol. The SMILES string of the molecule is CO[C@H]1O[C@H](C)CC(=O)[C@@H]1OC(=O)c1c(C)cc(O)cc1O. The molecular formula is C15H18O7. The van der Waals surface area contributed by atoms with Gasteiger partial charge in [0.15, 0.2) is 5.78 Å². The number of carbonyl (C=O) groups is 2. The fourth-order valence-electron chi connectivity index (χ4n) is 2.39. The van der Waals surface area contributed by atoms with Gasteiger partial charge < -0.3 is 24.4 Å². The van der Waals surface area contributed by atoms with Crippen LogP contribution in [0.15, 0.2) is 12.1 Å². The average Bonchev–Trinajstić information content (AvgIpc) is 2.40. The Labute approximate surface area is 127 Å². The van der Waals surface area contributed by atoms with Crippen LogP contribution in [0, 0.1) is 6.92 Å². The lowest BCUT2D eigenvalue weighted by Gasteiger charge is -2.32. The van der Waals surface area contributed by atoms with Crippen LogP contribution in [0.1, 0.15) is 29.3 Å². The van der Waals surface area contributed by atoms with Crippen molar-refractivity contribution in [3.05, 3.63) is 23.3 Å². The van der Waals surface area contributed by atoms with Crippen molar-refractivity contribution in [2.24, 2.45) is 0 Å². The fraction of sp³-hybridized carbons (Fsp3) is 0.467. The van der Waals surface area contributed by atoms with Gasteiger partial charge in [-0.3, -0.25) is 4.79 Å². The summed E-state index contributed by atoms with van der Waals surface area (Å²) in [5, 5.41) is 19.2. The number of benzene rings is 1. The van der Waals surface area contributed by atoms with E-state index in [1.165, 1.54) is 20.1 Å². The second kappa shape index (κ2) is 6.33. The molecule has 22 heavy (non-hydrogen) atoms. The van der Waals surface area contributed by atoms with Crippen LogP contribution in [0.2, 0.25) is 0 Å². The van der Waals surface area contributed by atoms with Gasteiger partial charge in [-0.1, -0.05) is 0 Å². The maximum Gasteiger partial charge on any atom is 0.343 e. The molecule has 7 nitrogen and oxygen atoms in total. The van der Waals surface area contributed by atoms with Crippen molar-refractivity contribution >= 4 is 11.8 Å². The molecule has 2 rings (SSSR count). The van der Waals surface area contributed by atoms with E-state index in [1.807, 2.05) is 0 Å². The quantitative estimate of drug-likeness (QED) is 0.811. The highest BCUT2D eigenvalue weighted by Gasteiger charge is 2.39. The third-order valence-electron chi connectivity index (χ3n) is 3.39. The van der Waals surface area contributed by atoms with E-state index in [2.05, 4.69) is 0 Å². The van der Waals surface area contributed by atoms with E-state index < -0.39 is 24.1 Å². The number of esters is 1. The zero-order valence-electron chi connectivity index (χ0n) is 12.5. The number of phenols is 2. The molecule has 0 radical (unpaired) electrons. The standard InChI is InChI=1S/C15H18O7/c1-7-4-9(16)6-10(17)12(7)14(19)22-13-11(18)5-8(2)21-15(13)20-3/h4,6,8,13,15-17H,5H2,1-3H3/t8-,13+,15+/m1/s1. The second-order valence-corrected chi connectivity index (χ2v) is 5.20. The van der Waals surface area contributed by atoms with Gasteiger partial charge in [-0.25, -0.2) is 4.79 Å². The number of phenolic OH excluding ortho intramolecular Hbond substituents is 2. The van der Waals surface area contributed by atoms with E-state index in [0.717, 1.165) is 6.07 Å². The van der Waals surface area contributed by atoms with Crippen LogP contribution < -0.4 is 0 Å². The number of hydrogen-bond acceptors (Lipinski definition) is 7. The Morgan fingerprint density at radius 2 is 2.05 bits per heavy atom. The molecule has 3 atom stereocenters. The summed E-state index contributed by atoms with van der Waals surface area (Å²) in [6.45, 7) is 3.25. The third kappa shape index (κ3) is 3.20. The Morgan fingerprint density at radius 3 is 2.64 bits per heavy atom. The summed E-state index contributed by atoms with van der Waals surface area (Å²) in [5.74, 6) is -1.79. The largest absolute Gasteiger partial charge is 0.508 e. The van der Waals surface area contributed by atoms with Crippen molar-refractivity contribution in [1.82, 2.24) is 0 Å². The van der Waals surface area contributed by atoms with E-state index in [9.17, 15) is 19.8 Å². The average molecular weight is 310 g/mol. The number of hydrogen-bond donors (Lipinski definition) is 2. The smallest absolute Gasteiger partial charge is 0.343 e. The van der Waals surface area contributed by atoms with Gasteiger partial charge in [-0.15, -0.1) is 0 Å². The lowest BCUT2D eigenvalue weighted by Crippen LogP contribution is -2.48. The van der Waals surface area contributed by atoms with E-state index in [0.29, 0.717) is 5.56 Å². The molecule has 0 amide bonds. The number of ketones is 1.